The highest BCUT2D eigenvalue weighted by Crippen LogP contribution is 2.23. The monoisotopic (exact) mass is 324 g/mol. The zero-order valence-electron chi connectivity index (χ0n) is 14.7. The van der Waals surface area contributed by atoms with Crippen LogP contribution in [0, 0.1) is 27.7 Å². The summed E-state index contributed by atoms with van der Waals surface area (Å²) in [6, 6.07) is 10.2. The Balaban J connectivity index is 1.71. The first-order valence-electron chi connectivity index (χ1n) is 8.25. The number of aryl methyl sites for hydroxylation is 4. The Kier molecular flexibility index (Phi) is 4.58. The van der Waals surface area contributed by atoms with Crippen molar-refractivity contribution >= 4 is 11.0 Å². The topological polar surface area (TPSA) is 47.3 Å². The minimum atomic E-state index is -0.594. The molecule has 24 heavy (non-hydrogen) atoms. The normalized spacial score (nSPS) is 12.5. The van der Waals surface area contributed by atoms with Gasteiger partial charge in [-0.3, -0.25) is 0 Å². The van der Waals surface area contributed by atoms with Gasteiger partial charge in [-0.05, 0) is 62.1 Å². The molecule has 0 aliphatic heterocycles. The van der Waals surface area contributed by atoms with E-state index >= 15 is 0 Å². The number of aliphatic hydroxyl groups is 1. The van der Waals surface area contributed by atoms with Gasteiger partial charge in [-0.2, -0.15) is 0 Å². The summed E-state index contributed by atoms with van der Waals surface area (Å²) in [4.78, 5) is 4.43. The van der Waals surface area contributed by atoms with E-state index in [9.17, 15) is 5.11 Å². The molecule has 3 rings (SSSR count). The highest BCUT2D eigenvalue weighted by atomic mass is 16.5. The van der Waals surface area contributed by atoms with Crippen LogP contribution in [0.25, 0.3) is 11.0 Å². The maximum absolute atomic E-state index is 10.4. The molecule has 0 radical (unpaired) electrons. The highest BCUT2D eigenvalue weighted by molar-refractivity contribution is 5.77. The van der Waals surface area contributed by atoms with Crippen LogP contribution in [0.1, 0.15) is 22.3 Å². The van der Waals surface area contributed by atoms with Gasteiger partial charge in [0.05, 0.1) is 23.9 Å². The van der Waals surface area contributed by atoms with Gasteiger partial charge in [0.2, 0.25) is 0 Å². The summed E-state index contributed by atoms with van der Waals surface area (Å²) >= 11 is 0. The molecule has 0 unspecified atom stereocenters. The molecular weight excluding hydrogens is 300 g/mol. The largest absolute Gasteiger partial charge is 0.490 e. The van der Waals surface area contributed by atoms with E-state index in [4.69, 9.17) is 4.74 Å². The van der Waals surface area contributed by atoms with Gasteiger partial charge in [0.15, 0.2) is 0 Å². The number of rotatable bonds is 5. The summed E-state index contributed by atoms with van der Waals surface area (Å²) in [7, 11) is 0. The first-order chi connectivity index (χ1) is 11.5. The summed E-state index contributed by atoms with van der Waals surface area (Å²) in [5, 5.41) is 10.4. The van der Waals surface area contributed by atoms with Crippen LogP contribution in [0.4, 0.5) is 0 Å². The SMILES string of the molecule is Cc1cc2ncn(C[C@@H](O)COc3c(C)cccc3C)c2cc1C. The molecule has 1 heterocycles. The van der Waals surface area contributed by atoms with E-state index in [1.54, 1.807) is 6.33 Å². The Hall–Kier alpha value is -2.33. The Morgan fingerprint density at radius 1 is 1.04 bits per heavy atom. The van der Waals surface area contributed by atoms with Crippen LogP contribution in [0.3, 0.4) is 0 Å². The summed E-state index contributed by atoms with van der Waals surface area (Å²) < 4.78 is 7.84. The number of fused-ring (bicyclic) bond motifs is 1. The van der Waals surface area contributed by atoms with E-state index in [1.807, 2.05) is 36.6 Å². The zero-order valence-corrected chi connectivity index (χ0v) is 14.7. The van der Waals surface area contributed by atoms with Crippen molar-refractivity contribution < 1.29 is 9.84 Å². The lowest BCUT2D eigenvalue weighted by Gasteiger charge is -2.16. The molecule has 0 spiro atoms. The number of hydrogen-bond acceptors (Lipinski definition) is 3. The molecule has 4 heteroatoms. The smallest absolute Gasteiger partial charge is 0.125 e. The Morgan fingerprint density at radius 3 is 2.42 bits per heavy atom. The summed E-state index contributed by atoms with van der Waals surface area (Å²) in [5.41, 5.74) is 6.63. The first kappa shape index (κ1) is 16.5. The van der Waals surface area contributed by atoms with Crippen LogP contribution in [0.5, 0.6) is 5.75 Å². The van der Waals surface area contributed by atoms with Crippen LogP contribution in [-0.2, 0) is 6.54 Å². The summed E-state index contributed by atoms with van der Waals surface area (Å²) in [6.07, 6.45) is 1.19. The van der Waals surface area contributed by atoms with Crippen LogP contribution in [0.2, 0.25) is 0 Å². The van der Waals surface area contributed by atoms with Crippen molar-refractivity contribution in [2.75, 3.05) is 6.61 Å². The van der Waals surface area contributed by atoms with Crippen LogP contribution in [-0.4, -0.2) is 27.4 Å². The first-order valence-corrected chi connectivity index (χ1v) is 8.25. The molecule has 0 aliphatic rings. The number of aliphatic hydroxyl groups excluding tert-OH is 1. The maximum Gasteiger partial charge on any atom is 0.125 e. The molecule has 2 aromatic carbocycles. The molecular formula is C20H24N2O2. The van der Waals surface area contributed by atoms with Gasteiger partial charge in [0, 0.05) is 0 Å². The third-order valence-electron chi connectivity index (χ3n) is 4.47. The van der Waals surface area contributed by atoms with Gasteiger partial charge in [-0.15, -0.1) is 0 Å². The van der Waals surface area contributed by atoms with Crippen molar-refractivity contribution in [1.29, 1.82) is 0 Å². The van der Waals surface area contributed by atoms with E-state index in [0.717, 1.165) is 27.9 Å². The van der Waals surface area contributed by atoms with E-state index in [1.165, 1.54) is 11.1 Å². The minimum absolute atomic E-state index is 0.260. The number of para-hydroxylation sites is 1. The van der Waals surface area contributed by atoms with Gasteiger partial charge in [0.1, 0.15) is 18.5 Å². The molecule has 1 aromatic heterocycles. The van der Waals surface area contributed by atoms with E-state index < -0.39 is 6.10 Å². The van der Waals surface area contributed by atoms with Gasteiger partial charge in [0.25, 0.3) is 0 Å². The standard InChI is InChI=1S/C20H24N2O2/c1-13-6-5-7-14(2)20(13)24-11-17(23)10-22-12-21-18-8-15(3)16(4)9-19(18)22/h5-9,12,17,23H,10-11H2,1-4H3/t17-/m1/s1. The Bertz CT molecular complexity index is 847. The second-order valence-corrected chi connectivity index (χ2v) is 6.51. The fraction of sp³-hybridized carbons (Fsp3) is 0.350. The van der Waals surface area contributed by atoms with Gasteiger partial charge >= 0.3 is 0 Å². The minimum Gasteiger partial charge on any atom is -0.490 e. The predicted octanol–water partition coefficient (Wildman–Crippen LogP) is 3.71. The molecule has 126 valence electrons. The number of ether oxygens (including phenoxy) is 1. The van der Waals surface area contributed by atoms with E-state index in [0.29, 0.717) is 6.54 Å². The van der Waals surface area contributed by atoms with E-state index in [-0.39, 0.29) is 6.61 Å². The van der Waals surface area contributed by atoms with Crippen molar-refractivity contribution in [1.82, 2.24) is 9.55 Å². The second-order valence-electron chi connectivity index (χ2n) is 6.51. The molecule has 3 aromatic rings. The van der Waals surface area contributed by atoms with Crippen molar-refractivity contribution in [2.45, 2.75) is 40.3 Å². The van der Waals surface area contributed by atoms with Crippen molar-refractivity contribution in [3.63, 3.8) is 0 Å². The molecule has 1 atom stereocenters. The van der Waals surface area contributed by atoms with Gasteiger partial charge < -0.3 is 14.4 Å². The summed E-state index contributed by atoms with van der Waals surface area (Å²) in [6.45, 7) is 8.93. The molecule has 4 nitrogen and oxygen atoms in total. The highest BCUT2D eigenvalue weighted by Gasteiger charge is 2.12. The van der Waals surface area contributed by atoms with E-state index in [2.05, 4.69) is 31.0 Å². The molecule has 0 saturated carbocycles. The third kappa shape index (κ3) is 3.29. The number of hydrogen-bond donors (Lipinski definition) is 1. The summed E-state index contributed by atoms with van der Waals surface area (Å²) in [5.74, 6) is 0.860. The Labute approximate surface area is 142 Å². The number of imidazole rings is 1. The lowest BCUT2D eigenvalue weighted by Crippen LogP contribution is -2.23. The molecule has 0 amide bonds. The fourth-order valence-electron chi connectivity index (χ4n) is 2.94. The van der Waals surface area contributed by atoms with Crippen LogP contribution >= 0.6 is 0 Å². The van der Waals surface area contributed by atoms with Crippen LogP contribution < -0.4 is 4.74 Å². The molecule has 0 bridgehead atoms. The average Bonchev–Trinajstić information content (AvgIpc) is 2.89. The molecule has 0 aliphatic carbocycles. The lowest BCUT2D eigenvalue weighted by molar-refractivity contribution is 0.0927. The van der Waals surface area contributed by atoms with Crippen molar-refractivity contribution in [3.05, 3.63) is 58.9 Å². The molecule has 0 saturated heterocycles. The van der Waals surface area contributed by atoms with Crippen LogP contribution in [0.15, 0.2) is 36.7 Å². The van der Waals surface area contributed by atoms with Crippen molar-refractivity contribution in [2.24, 2.45) is 0 Å². The Morgan fingerprint density at radius 2 is 1.71 bits per heavy atom. The second kappa shape index (κ2) is 6.65. The van der Waals surface area contributed by atoms with Crippen molar-refractivity contribution in [3.8, 4) is 5.75 Å². The quantitative estimate of drug-likeness (QED) is 0.778. The van der Waals surface area contributed by atoms with Gasteiger partial charge in [-0.1, -0.05) is 18.2 Å². The molecule has 0 fully saturated rings. The molecule has 1 N–H and O–H groups in total. The maximum atomic E-state index is 10.4. The number of nitrogens with zero attached hydrogens (tertiary/aromatic N) is 2. The number of benzene rings is 2. The predicted molar refractivity (Wildman–Crippen MR) is 96.6 cm³/mol. The third-order valence-corrected chi connectivity index (χ3v) is 4.47. The zero-order chi connectivity index (χ0) is 17.3. The fourth-order valence-corrected chi connectivity index (χ4v) is 2.94. The lowest BCUT2D eigenvalue weighted by atomic mass is 10.1. The number of aromatic nitrogens is 2. The average molecular weight is 324 g/mol. The van der Waals surface area contributed by atoms with Gasteiger partial charge in [-0.25, -0.2) is 4.98 Å².